The molecule has 186 valence electrons. The van der Waals surface area contributed by atoms with E-state index in [1.54, 1.807) is 0 Å². The maximum Gasteiger partial charge on any atom is 0.490 e. The molecule has 3 unspecified atom stereocenters. The van der Waals surface area contributed by atoms with E-state index in [1.165, 1.54) is 0 Å². The standard InChI is InChI=1S/C12H17ClN3O14P3/c1-6(28-32(23,24)30-33(25,26)29-31(20,21)22)8-9(18)12(14,3-4-13)10(27-8)16-5-2-7(17)15-11(16)19/h2,5-6,8-10,18H,14H2,1H3,(H,23,24)(H,25,26)(H,15,17,19)(H2,20,21,22)/t6-,8+,9-,10+,12?/m0/s1. The smallest absolute Gasteiger partial charge is 0.387 e. The molecule has 0 amide bonds. The van der Waals surface area contributed by atoms with Crippen molar-refractivity contribution in [1.29, 1.82) is 0 Å². The number of aliphatic hydroxyl groups is 1. The number of rotatable bonds is 8. The van der Waals surface area contributed by atoms with Crippen LogP contribution in [-0.2, 0) is 31.6 Å². The SMILES string of the molecule is C[C@H](OP(=O)(O)OP(=O)(O)OP(=O)(O)O)[C@H]1O[C@@H](n2ccc(=O)[nH]c2=O)C(N)(C#CCl)[C@H]1O. The zero-order chi connectivity index (χ0) is 25.4. The van der Waals surface area contributed by atoms with Gasteiger partial charge in [0.15, 0.2) is 11.8 Å². The number of hydrogen-bond acceptors (Lipinski definition) is 11. The average Bonchev–Trinajstić information content (AvgIpc) is 2.83. The number of hydrogen-bond donors (Lipinski definition) is 7. The van der Waals surface area contributed by atoms with Crippen molar-refractivity contribution in [3.05, 3.63) is 33.1 Å². The van der Waals surface area contributed by atoms with Crippen molar-refractivity contribution in [1.82, 2.24) is 9.55 Å². The summed E-state index contributed by atoms with van der Waals surface area (Å²) < 4.78 is 52.2. The molecule has 21 heteroatoms. The molecule has 0 bridgehead atoms. The van der Waals surface area contributed by atoms with E-state index in [4.69, 9.17) is 31.9 Å². The first-order valence-corrected chi connectivity index (χ1v) is 13.2. The molecule has 1 saturated heterocycles. The molecule has 1 aromatic heterocycles. The first-order chi connectivity index (χ1) is 14.9. The summed E-state index contributed by atoms with van der Waals surface area (Å²) in [5.74, 6) is 2.23. The Morgan fingerprint density at radius 1 is 1.24 bits per heavy atom. The second-order valence-electron chi connectivity index (χ2n) is 6.47. The van der Waals surface area contributed by atoms with Gasteiger partial charge in [-0.25, -0.2) is 18.5 Å². The quantitative estimate of drug-likeness (QED) is 0.141. The summed E-state index contributed by atoms with van der Waals surface area (Å²) in [5.41, 5.74) is 2.14. The number of halogens is 1. The highest BCUT2D eigenvalue weighted by atomic mass is 35.5. The Kier molecular flexibility index (Phi) is 8.35. The lowest BCUT2D eigenvalue weighted by molar-refractivity contribution is -0.0755. The van der Waals surface area contributed by atoms with Crippen molar-refractivity contribution in [2.75, 3.05) is 0 Å². The van der Waals surface area contributed by atoms with Crippen LogP contribution >= 0.6 is 35.1 Å². The van der Waals surface area contributed by atoms with Gasteiger partial charge in [0.25, 0.3) is 5.56 Å². The number of ether oxygens (including phenoxy) is 1. The van der Waals surface area contributed by atoms with Crippen LogP contribution in [0.15, 0.2) is 21.9 Å². The summed E-state index contributed by atoms with van der Waals surface area (Å²) in [5, 5.41) is 12.6. The Bertz CT molecular complexity index is 1220. The van der Waals surface area contributed by atoms with Gasteiger partial charge in [0.05, 0.1) is 6.10 Å². The van der Waals surface area contributed by atoms with Crippen molar-refractivity contribution < 1.29 is 56.3 Å². The highest BCUT2D eigenvalue weighted by molar-refractivity contribution is 7.66. The van der Waals surface area contributed by atoms with Gasteiger partial charge in [-0.1, -0.05) is 5.92 Å². The Morgan fingerprint density at radius 3 is 2.36 bits per heavy atom. The highest BCUT2D eigenvalue weighted by Gasteiger charge is 2.57. The van der Waals surface area contributed by atoms with Crippen molar-refractivity contribution in [3.8, 4) is 11.3 Å². The third-order valence-corrected chi connectivity index (χ3v) is 8.06. The molecule has 0 saturated carbocycles. The number of nitrogens with two attached hydrogens (primary N) is 1. The monoisotopic (exact) mass is 555 g/mol. The fourth-order valence-electron chi connectivity index (χ4n) is 2.82. The molecule has 1 aliphatic heterocycles. The normalized spacial score (nSPS) is 30.0. The molecule has 1 fully saturated rings. The highest BCUT2D eigenvalue weighted by Crippen LogP contribution is 2.66. The maximum atomic E-state index is 12.1. The Labute approximate surface area is 188 Å². The predicted molar refractivity (Wildman–Crippen MR) is 106 cm³/mol. The number of phosphoric acid groups is 3. The van der Waals surface area contributed by atoms with Gasteiger partial charge in [0.1, 0.15) is 12.2 Å². The van der Waals surface area contributed by atoms with E-state index in [-0.39, 0.29) is 0 Å². The number of aliphatic hydroxyl groups excluding tert-OH is 1. The molecule has 8 N–H and O–H groups in total. The summed E-state index contributed by atoms with van der Waals surface area (Å²) in [6.45, 7) is 1.01. The molecule has 2 rings (SSSR count). The van der Waals surface area contributed by atoms with Crippen LogP contribution in [-0.4, -0.2) is 58.1 Å². The molecule has 17 nitrogen and oxygen atoms in total. The fraction of sp³-hybridized carbons (Fsp3) is 0.500. The zero-order valence-electron chi connectivity index (χ0n) is 16.1. The topological polar surface area (TPSA) is 270 Å². The van der Waals surface area contributed by atoms with Gasteiger partial charge in [-0.15, -0.1) is 0 Å². The van der Waals surface area contributed by atoms with E-state index in [0.717, 1.165) is 23.8 Å². The lowest BCUT2D eigenvalue weighted by atomic mass is 9.90. The fourth-order valence-corrected chi connectivity index (χ4v) is 6.18. The summed E-state index contributed by atoms with van der Waals surface area (Å²) in [6, 6.07) is 0.925. The molecule has 1 aliphatic rings. The Morgan fingerprint density at radius 2 is 1.85 bits per heavy atom. The largest absolute Gasteiger partial charge is 0.490 e. The molecule has 0 spiro atoms. The molecule has 0 aromatic carbocycles. The molecular formula is C12H17ClN3O14P3. The third kappa shape index (κ3) is 6.92. The van der Waals surface area contributed by atoms with E-state index in [1.807, 2.05) is 10.4 Å². The maximum absolute atomic E-state index is 12.1. The van der Waals surface area contributed by atoms with E-state index in [9.17, 15) is 38.2 Å². The van der Waals surface area contributed by atoms with Crippen LogP contribution in [0.4, 0.5) is 0 Å². The van der Waals surface area contributed by atoms with Crippen LogP contribution in [0, 0.1) is 11.3 Å². The van der Waals surface area contributed by atoms with Crippen molar-refractivity contribution in [3.63, 3.8) is 0 Å². The van der Waals surface area contributed by atoms with Crippen LogP contribution in [0.25, 0.3) is 0 Å². The minimum Gasteiger partial charge on any atom is -0.387 e. The van der Waals surface area contributed by atoms with Crippen LogP contribution in [0.1, 0.15) is 13.2 Å². The lowest BCUT2D eigenvalue weighted by Crippen LogP contribution is -2.55. The number of nitrogens with one attached hydrogen (secondary N) is 1. The van der Waals surface area contributed by atoms with Gasteiger partial charge in [-0.3, -0.25) is 18.9 Å². The summed E-state index contributed by atoms with van der Waals surface area (Å²) >= 11 is 5.39. The average molecular weight is 556 g/mol. The van der Waals surface area contributed by atoms with Gasteiger partial charge in [0, 0.05) is 17.6 Å². The van der Waals surface area contributed by atoms with Crippen molar-refractivity contribution in [2.24, 2.45) is 5.73 Å². The van der Waals surface area contributed by atoms with Gasteiger partial charge >= 0.3 is 29.2 Å². The van der Waals surface area contributed by atoms with E-state index in [2.05, 4.69) is 19.1 Å². The zero-order valence-corrected chi connectivity index (χ0v) is 19.6. The van der Waals surface area contributed by atoms with Gasteiger partial charge in [-0.2, -0.15) is 8.62 Å². The second-order valence-corrected chi connectivity index (χ2v) is 11.0. The molecule has 7 atom stereocenters. The number of phosphoric ester groups is 1. The molecule has 33 heavy (non-hydrogen) atoms. The second kappa shape index (κ2) is 9.82. The number of H-pyrrole nitrogens is 1. The lowest BCUT2D eigenvalue weighted by Gasteiger charge is -2.28. The molecule has 1 aromatic rings. The van der Waals surface area contributed by atoms with Crippen molar-refractivity contribution in [2.45, 2.75) is 37.0 Å². The minimum absolute atomic E-state index is 0.739. The number of aromatic amines is 1. The Balaban J connectivity index is 2.32. The molecule has 2 heterocycles. The van der Waals surface area contributed by atoms with Gasteiger partial charge in [0.2, 0.25) is 0 Å². The van der Waals surface area contributed by atoms with Crippen LogP contribution in [0.5, 0.6) is 0 Å². The number of aromatic nitrogens is 2. The van der Waals surface area contributed by atoms with Crippen LogP contribution < -0.4 is 17.0 Å². The van der Waals surface area contributed by atoms with Gasteiger partial charge in [-0.05, 0) is 18.5 Å². The van der Waals surface area contributed by atoms with Crippen LogP contribution in [0.3, 0.4) is 0 Å². The first kappa shape index (κ1) is 28.1. The first-order valence-electron chi connectivity index (χ1n) is 8.30. The molecule has 0 aliphatic carbocycles. The molecule has 0 radical (unpaired) electrons. The van der Waals surface area contributed by atoms with E-state index < -0.39 is 64.8 Å². The summed E-state index contributed by atoms with van der Waals surface area (Å²) in [7, 11) is -17.0. The molecular weight excluding hydrogens is 539 g/mol. The third-order valence-electron chi connectivity index (χ3n) is 4.04. The number of nitrogens with zero attached hydrogens (tertiary/aromatic N) is 1. The van der Waals surface area contributed by atoms with E-state index in [0.29, 0.717) is 0 Å². The Hall–Kier alpha value is -1.18. The summed E-state index contributed by atoms with van der Waals surface area (Å²) in [6.07, 6.45) is -5.91. The van der Waals surface area contributed by atoms with E-state index >= 15 is 0 Å². The van der Waals surface area contributed by atoms with Crippen molar-refractivity contribution >= 4 is 35.1 Å². The minimum atomic E-state index is -5.79. The predicted octanol–water partition coefficient (Wildman–Crippen LogP) is -1.58. The van der Waals surface area contributed by atoms with Gasteiger partial charge < -0.3 is 35.2 Å². The summed E-state index contributed by atoms with van der Waals surface area (Å²) in [4.78, 5) is 61.4. The van der Waals surface area contributed by atoms with Crippen LogP contribution in [0.2, 0.25) is 0 Å².